The Kier molecular flexibility index (Phi) is 2.46. The van der Waals surface area contributed by atoms with Crippen LogP contribution in [0.3, 0.4) is 0 Å². The van der Waals surface area contributed by atoms with Gasteiger partial charge in [-0.25, -0.2) is 0 Å². The zero-order valence-corrected chi connectivity index (χ0v) is 6.34. The van der Waals surface area contributed by atoms with Crippen molar-refractivity contribution in [1.82, 2.24) is 4.90 Å². The molecule has 1 fully saturated rings. The van der Waals surface area contributed by atoms with Crippen LogP contribution < -0.4 is 0 Å². The second-order valence-electron chi connectivity index (χ2n) is 2.72. The van der Waals surface area contributed by atoms with Crippen molar-refractivity contribution in [3.05, 3.63) is 0 Å². The number of amidine groups is 1. The number of piperidine rings is 1. The lowest BCUT2D eigenvalue weighted by Crippen LogP contribution is -2.38. The molecule has 2 N–H and O–H groups in total. The standard InChI is InChI=1S/C7H12N2O2/c8-6-3-1-2-4-9(6)5-7(10)11/h8H,1-5H2,(H,10,11). The molecule has 1 aliphatic rings. The van der Waals surface area contributed by atoms with Crippen LogP contribution in [0, 0.1) is 5.41 Å². The predicted molar refractivity (Wildman–Crippen MR) is 40.8 cm³/mol. The van der Waals surface area contributed by atoms with E-state index < -0.39 is 5.97 Å². The van der Waals surface area contributed by atoms with Crippen LogP contribution in [-0.2, 0) is 4.79 Å². The number of hydrogen-bond acceptors (Lipinski definition) is 2. The number of nitrogens with one attached hydrogen (secondary N) is 1. The maximum absolute atomic E-state index is 10.3. The summed E-state index contributed by atoms with van der Waals surface area (Å²) < 4.78 is 0. The number of rotatable bonds is 2. The van der Waals surface area contributed by atoms with Gasteiger partial charge in [0.25, 0.3) is 0 Å². The molecule has 62 valence electrons. The van der Waals surface area contributed by atoms with Gasteiger partial charge in [0.15, 0.2) is 0 Å². The number of carboxylic acids is 1. The molecule has 4 nitrogen and oxygen atoms in total. The molecular weight excluding hydrogens is 144 g/mol. The SMILES string of the molecule is N=C1CCCCN1CC(=O)O. The van der Waals surface area contributed by atoms with Gasteiger partial charge in [-0.1, -0.05) is 0 Å². The van der Waals surface area contributed by atoms with E-state index in [0.29, 0.717) is 5.84 Å². The monoisotopic (exact) mass is 156 g/mol. The molecule has 1 aliphatic heterocycles. The zero-order valence-electron chi connectivity index (χ0n) is 6.34. The molecule has 0 saturated carbocycles. The molecule has 1 heterocycles. The minimum absolute atomic E-state index is 0.0150. The largest absolute Gasteiger partial charge is 0.480 e. The van der Waals surface area contributed by atoms with Gasteiger partial charge in [0.2, 0.25) is 0 Å². The first-order chi connectivity index (χ1) is 5.20. The molecule has 0 unspecified atom stereocenters. The Balaban J connectivity index is 2.42. The fourth-order valence-corrected chi connectivity index (χ4v) is 1.23. The molecule has 0 bridgehead atoms. The number of nitrogens with zero attached hydrogens (tertiary/aromatic N) is 1. The van der Waals surface area contributed by atoms with Crippen LogP contribution in [0.5, 0.6) is 0 Å². The Hall–Kier alpha value is -1.06. The van der Waals surface area contributed by atoms with Gasteiger partial charge < -0.3 is 10.0 Å². The van der Waals surface area contributed by atoms with Crippen molar-refractivity contribution in [3.63, 3.8) is 0 Å². The predicted octanol–water partition coefficient (Wildman–Crippen LogP) is 0.534. The molecule has 0 aliphatic carbocycles. The molecule has 11 heavy (non-hydrogen) atoms. The van der Waals surface area contributed by atoms with Crippen molar-refractivity contribution in [2.75, 3.05) is 13.1 Å². The fraction of sp³-hybridized carbons (Fsp3) is 0.714. The molecule has 0 amide bonds. The lowest BCUT2D eigenvalue weighted by Gasteiger charge is -2.27. The summed E-state index contributed by atoms with van der Waals surface area (Å²) in [5.74, 6) is -0.379. The first-order valence-electron chi connectivity index (χ1n) is 3.74. The van der Waals surface area contributed by atoms with E-state index in [1.54, 1.807) is 4.90 Å². The van der Waals surface area contributed by atoms with E-state index in [-0.39, 0.29) is 6.54 Å². The number of aliphatic carboxylic acids is 1. The summed E-state index contributed by atoms with van der Waals surface area (Å²) in [7, 11) is 0. The molecule has 0 aromatic carbocycles. The molecule has 0 aromatic heterocycles. The van der Waals surface area contributed by atoms with Gasteiger partial charge in [0.05, 0.1) is 5.84 Å². The number of hydrogen-bond donors (Lipinski definition) is 2. The Morgan fingerprint density at radius 2 is 2.36 bits per heavy atom. The van der Waals surface area contributed by atoms with Crippen molar-refractivity contribution >= 4 is 11.8 Å². The highest BCUT2D eigenvalue weighted by molar-refractivity contribution is 5.83. The number of carboxylic acid groups (broad SMARTS) is 1. The number of carbonyl (C=O) groups is 1. The normalized spacial score (nSPS) is 18.5. The summed E-state index contributed by atoms with van der Waals surface area (Å²) in [5, 5.41) is 15.8. The zero-order chi connectivity index (χ0) is 8.27. The lowest BCUT2D eigenvalue weighted by molar-refractivity contribution is -0.137. The van der Waals surface area contributed by atoms with Crippen LogP contribution in [0.1, 0.15) is 19.3 Å². The summed E-state index contributed by atoms with van der Waals surface area (Å²) >= 11 is 0. The van der Waals surface area contributed by atoms with Crippen LogP contribution in [0.2, 0.25) is 0 Å². The Bertz CT molecular complexity index is 179. The quantitative estimate of drug-likeness (QED) is 0.613. The average molecular weight is 156 g/mol. The highest BCUT2D eigenvalue weighted by atomic mass is 16.4. The molecule has 1 rings (SSSR count). The molecule has 0 spiro atoms. The summed E-state index contributed by atoms with van der Waals surface area (Å²) in [5.41, 5.74) is 0. The van der Waals surface area contributed by atoms with E-state index in [1.807, 2.05) is 0 Å². The summed E-state index contributed by atoms with van der Waals surface area (Å²) in [4.78, 5) is 11.9. The molecule has 0 aromatic rings. The highest BCUT2D eigenvalue weighted by Crippen LogP contribution is 2.09. The average Bonchev–Trinajstić information content (AvgIpc) is 1.93. The molecule has 1 saturated heterocycles. The van der Waals surface area contributed by atoms with Gasteiger partial charge in [-0.3, -0.25) is 10.2 Å². The minimum Gasteiger partial charge on any atom is -0.480 e. The van der Waals surface area contributed by atoms with E-state index in [2.05, 4.69) is 0 Å². The molecular formula is C7H12N2O2. The van der Waals surface area contributed by atoms with Gasteiger partial charge >= 0.3 is 5.97 Å². The third kappa shape index (κ3) is 2.22. The van der Waals surface area contributed by atoms with E-state index in [1.165, 1.54) is 0 Å². The lowest BCUT2D eigenvalue weighted by atomic mass is 10.1. The van der Waals surface area contributed by atoms with Crippen molar-refractivity contribution in [3.8, 4) is 0 Å². The van der Waals surface area contributed by atoms with Crippen molar-refractivity contribution in [2.24, 2.45) is 0 Å². The molecule has 0 atom stereocenters. The maximum Gasteiger partial charge on any atom is 0.323 e. The van der Waals surface area contributed by atoms with E-state index in [9.17, 15) is 4.79 Å². The van der Waals surface area contributed by atoms with Gasteiger partial charge in [0, 0.05) is 13.0 Å². The van der Waals surface area contributed by atoms with E-state index in [4.69, 9.17) is 10.5 Å². The third-order valence-corrected chi connectivity index (χ3v) is 1.80. The second kappa shape index (κ2) is 3.37. The topological polar surface area (TPSA) is 64.4 Å². The van der Waals surface area contributed by atoms with E-state index in [0.717, 1.165) is 25.8 Å². The van der Waals surface area contributed by atoms with Crippen LogP contribution >= 0.6 is 0 Å². The van der Waals surface area contributed by atoms with Crippen molar-refractivity contribution in [1.29, 1.82) is 5.41 Å². The Labute approximate surface area is 65.3 Å². The van der Waals surface area contributed by atoms with Gasteiger partial charge in [-0.05, 0) is 12.8 Å². The smallest absolute Gasteiger partial charge is 0.323 e. The minimum atomic E-state index is -0.850. The van der Waals surface area contributed by atoms with Crippen LogP contribution in [0.25, 0.3) is 0 Å². The van der Waals surface area contributed by atoms with E-state index >= 15 is 0 Å². The third-order valence-electron chi connectivity index (χ3n) is 1.80. The fourth-order valence-electron chi connectivity index (χ4n) is 1.23. The highest BCUT2D eigenvalue weighted by Gasteiger charge is 2.16. The summed E-state index contributed by atoms with van der Waals surface area (Å²) in [6, 6.07) is 0. The second-order valence-corrected chi connectivity index (χ2v) is 2.72. The first-order valence-corrected chi connectivity index (χ1v) is 3.74. The van der Waals surface area contributed by atoms with Gasteiger partial charge in [-0.2, -0.15) is 0 Å². The number of likely N-dealkylation sites (tertiary alicyclic amines) is 1. The van der Waals surface area contributed by atoms with Gasteiger partial charge in [-0.15, -0.1) is 0 Å². The summed E-state index contributed by atoms with van der Waals surface area (Å²) in [6.45, 7) is 0.712. The van der Waals surface area contributed by atoms with Crippen molar-refractivity contribution in [2.45, 2.75) is 19.3 Å². The first kappa shape index (κ1) is 8.04. The van der Waals surface area contributed by atoms with Crippen LogP contribution in [-0.4, -0.2) is 34.9 Å². The molecule has 4 heteroatoms. The Morgan fingerprint density at radius 1 is 1.64 bits per heavy atom. The maximum atomic E-state index is 10.3. The Morgan fingerprint density at radius 3 is 2.91 bits per heavy atom. The van der Waals surface area contributed by atoms with Crippen molar-refractivity contribution < 1.29 is 9.90 Å². The van der Waals surface area contributed by atoms with Crippen LogP contribution in [0.15, 0.2) is 0 Å². The van der Waals surface area contributed by atoms with Crippen LogP contribution in [0.4, 0.5) is 0 Å². The molecule has 0 radical (unpaired) electrons. The van der Waals surface area contributed by atoms with Gasteiger partial charge in [0.1, 0.15) is 6.54 Å². The summed E-state index contributed by atoms with van der Waals surface area (Å²) in [6.07, 6.45) is 2.76.